The summed E-state index contributed by atoms with van der Waals surface area (Å²) in [7, 11) is 0. The van der Waals surface area contributed by atoms with Gasteiger partial charge in [-0.05, 0) is 40.3 Å². The molecule has 0 bridgehead atoms. The van der Waals surface area contributed by atoms with Gasteiger partial charge in [0.2, 0.25) is 5.95 Å². The summed E-state index contributed by atoms with van der Waals surface area (Å²) >= 11 is 3.24. The van der Waals surface area contributed by atoms with Gasteiger partial charge in [-0.15, -0.1) is 0 Å². The van der Waals surface area contributed by atoms with E-state index in [2.05, 4.69) is 27.8 Å². The number of nitrogens with zero attached hydrogens (tertiary/aromatic N) is 2. The maximum absolute atomic E-state index is 13.6. The third-order valence-corrected chi connectivity index (χ3v) is 5.13. The van der Waals surface area contributed by atoms with Crippen LogP contribution in [0.1, 0.15) is 32.6 Å². The number of imidazole rings is 1. The van der Waals surface area contributed by atoms with Gasteiger partial charge in [-0.2, -0.15) is 0 Å². The number of nitrogen functional groups attached to an aromatic ring is 1. The summed E-state index contributed by atoms with van der Waals surface area (Å²) in [6.07, 6.45) is 5.15. The summed E-state index contributed by atoms with van der Waals surface area (Å²) in [5.41, 5.74) is 7.57. The van der Waals surface area contributed by atoms with E-state index >= 15 is 0 Å². The van der Waals surface area contributed by atoms with Crippen molar-refractivity contribution in [3.05, 3.63) is 22.4 Å². The molecular weight excluding hydrogens is 321 g/mol. The van der Waals surface area contributed by atoms with Gasteiger partial charge in [0.15, 0.2) is 0 Å². The van der Waals surface area contributed by atoms with Crippen LogP contribution in [0, 0.1) is 17.7 Å². The number of hydrogen-bond donors (Lipinski definition) is 1. The molecule has 5 heteroatoms. The number of benzene rings is 1. The highest BCUT2D eigenvalue weighted by atomic mass is 79.9. The fourth-order valence-electron chi connectivity index (χ4n) is 3.23. The first-order valence-corrected chi connectivity index (χ1v) is 7.96. The lowest BCUT2D eigenvalue weighted by Crippen LogP contribution is -2.22. The first-order valence-electron chi connectivity index (χ1n) is 7.17. The Kier molecular flexibility index (Phi) is 3.71. The zero-order valence-corrected chi connectivity index (χ0v) is 13.2. The van der Waals surface area contributed by atoms with E-state index in [0.717, 1.165) is 12.1 Å². The summed E-state index contributed by atoms with van der Waals surface area (Å²) in [5.74, 6) is 1.53. The highest BCUT2D eigenvalue weighted by Crippen LogP contribution is 2.33. The number of halogens is 2. The minimum absolute atomic E-state index is 0.298. The van der Waals surface area contributed by atoms with Crippen LogP contribution in [0.15, 0.2) is 16.6 Å². The molecule has 0 radical (unpaired) electrons. The molecule has 2 aromatic rings. The zero-order chi connectivity index (χ0) is 14.3. The van der Waals surface area contributed by atoms with E-state index in [1.165, 1.54) is 31.7 Å². The largest absolute Gasteiger partial charge is 0.369 e. The maximum atomic E-state index is 13.6. The van der Waals surface area contributed by atoms with E-state index in [9.17, 15) is 4.39 Å². The second kappa shape index (κ2) is 5.35. The van der Waals surface area contributed by atoms with Crippen LogP contribution in [0.2, 0.25) is 0 Å². The third kappa shape index (κ3) is 2.43. The molecule has 2 N–H and O–H groups in total. The molecule has 2 atom stereocenters. The first-order chi connectivity index (χ1) is 9.56. The SMILES string of the molecule is CC1CCCCC1Cn1c(N)nc2cc(F)c(Br)cc21. The standard InChI is InChI=1S/C15H19BrFN3/c1-9-4-2-3-5-10(9)8-20-14-6-11(16)12(17)7-13(14)19-15(20)18/h6-7,9-10H,2-5,8H2,1H3,(H2,18,19). The van der Waals surface area contributed by atoms with Crippen LogP contribution in [0.4, 0.5) is 10.3 Å². The van der Waals surface area contributed by atoms with Crippen LogP contribution in [0.3, 0.4) is 0 Å². The minimum atomic E-state index is -0.298. The molecule has 108 valence electrons. The second-order valence-corrected chi connectivity index (χ2v) is 6.71. The van der Waals surface area contributed by atoms with E-state index in [0.29, 0.717) is 27.8 Å². The lowest BCUT2D eigenvalue weighted by Gasteiger charge is -2.29. The first kappa shape index (κ1) is 13.9. The van der Waals surface area contributed by atoms with Gasteiger partial charge < -0.3 is 10.3 Å². The molecule has 20 heavy (non-hydrogen) atoms. The fraction of sp³-hybridized carbons (Fsp3) is 0.533. The Morgan fingerprint density at radius 2 is 2.15 bits per heavy atom. The Morgan fingerprint density at radius 3 is 2.90 bits per heavy atom. The average molecular weight is 340 g/mol. The van der Waals surface area contributed by atoms with E-state index in [1.807, 2.05) is 4.57 Å². The number of fused-ring (bicyclic) bond motifs is 1. The Balaban J connectivity index is 1.98. The molecule has 1 aromatic carbocycles. The van der Waals surface area contributed by atoms with Crippen LogP contribution in [-0.2, 0) is 6.54 Å². The number of rotatable bonds is 2. The van der Waals surface area contributed by atoms with Gasteiger partial charge in [0.25, 0.3) is 0 Å². The number of anilines is 1. The number of aromatic nitrogens is 2. The summed E-state index contributed by atoms with van der Waals surface area (Å²) < 4.78 is 16.1. The van der Waals surface area contributed by atoms with Crippen molar-refractivity contribution < 1.29 is 4.39 Å². The topological polar surface area (TPSA) is 43.8 Å². The van der Waals surface area contributed by atoms with Crippen LogP contribution in [0.5, 0.6) is 0 Å². The number of hydrogen-bond acceptors (Lipinski definition) is 2. The predicted octanol–water partition coefficient (Wildman–Crippen LogP) is 4.35. The van der Waals surface area contributed by atoms with Crippen LogP contribution < -0.4 is 5.73 Å². The molecule has 2 unspecified atom stereocenters. The molecule has 3 rings (SSSR count). The Hall–Kier alpha value is -1.10. The van der Waals surface area contributed by atoms with Crippen molar-refractivity contribution in [2.45, 2.75) is 39.2 Å². The monoisotopic (exact) mass is 339 g/mol. The quantitative estimate of drug-likeness (QED) is 0.883. The smallest absolute Gasteiger partial charge is 0.201 e. The molecule has 1 heterocycles. The normalized spacial score (nSPS) is 23.4. The van der Waals surface area contributed by atoms with Crippen LogP contribution in [0.25, 0.3) is 11.0 Å². The molecular formula is C15H19BrFN3. The molecule has 0 amide bonds. The zero-order valence-electron chi connectivity index (χ0n) is 11.6. The molecule has 0 spiro atoms. The van der Waals surface area contributed by atoms with Crippen molar-refractivity contribution >= 4 is 32.9 Å². The lowest BCUT2D eigenvalue weighted by atomic mass is 9.80. The Labute approximate surface area is 126 Å². The van der Waals surface area contributed by atoms with Gasteiger partial charge in [-0.25, -0.2) is 9.37 Å². The van der Waals surface area contributed by atoms with Gasteiger partial charge in [0.1, 0.15) is 5.82 Å². The van der Waals surface area contributed by atoms with Gasteiger partial charge in [0.05, 0.1) is 15.5 Å². The van der Waals surface area contributed by atoms with E-state index in [1.54, 1.807) is 6.07 Å². The molecule has 1 fully saturated rings. The second-order valence-electron chi connectivity index (χ2n) is 5.86. The third-order valence-electron chi connectivity index (χ3n) is 4.53. The predicted molar refractivity (Wildman–Crippen MR) is 82.9 cm³/mol. The molecule has 1 aromatic heterocycles. The molecule has 1 saturated carbocycles. The van der Waals surface area contributed by atoms with Crippen LogP contribution >= 0.6 is 15.9 Å². The summed E-state index contributed by atoms with van der Waals surface area (Å²) in [5, 5.41) is 0. The summed E-state index contributed by atoms with van der Waals surface area (Å²) in [6.45, 7) is 3.19. The van der Waals surface area contributed by atoms with Gasteiger partial charge in [-0.1, -0.05) is 26.2 Å². The molecule has 1 aliphatic rings. The van der Waals surface area contributed by atoms with Crippen molar-refractivity contribution in [2.24, 2.45) is 11.8 Å². The van der Waals surface area contributed by atoms with Gasteiger partial charge in [0, 0.05) is 12.6 Å². The maximum Gasteiger partial charge on any atom is 0.201 e. The van der Waals surface area contributed by atoms with Gasteiger partial charge in [-0.3, -0.25) is 0 Å². The number of nitrogens with two attached hydrogens (primary N) is 1. The average Bonchev–Trinajstić information content (AvgIpc) is 2.69. The van der Waals surface area contributed by atoms with Crippen molar-refractivity contribution in [1.82, 2.24) is 9.55 Å². The van der Waals surface area contributed by atoms with E-state index < -0.39 is 0 Å². The Morgan fingerprint density at radius 1 is 1.40 bits per heavy atom. The lowest BCUT2D eigenvalue weighted by molar-refractivity contribution is 0.231. The molecule has 0 saturated heterocycles. The minimum Gasteiger partial charge on any atom is -0.369 e. The highest BCUT2D eigenvalue weighted by Gasteiger charge is 2.23. The highest BCUT2D eigenvalue weighted by molar-refractivity contribution is 9.10. The van der Waals surface area contributed by atoms with Crippen molar-refractivity contribution in [2.75, 3.05) is 5.73 Å². The van der Waals surface area contributed by atoms with Crippen LogP contribution in [-0.4, -0.2) is 9.55 Å². The van der Waals surface area contributed by atoms with E-state index in [4.69, 9.17) is 5.73 Å². The fourth-order valence-corrected chi connectivity index (χ4v) is 3.56. The summed E-state index contributed by atoms with van der Waals surface area (Å²) in [4.78, 5) is 4.29. The van der Waals surface area contributed by atoms with E-state index in [-0.39, 0.29) is 5.82 Å². The van der Waals surface area contributed by atoms with Crippen molar-refractivity contribution in [3.8, 4) is 0 Å². The summed E-state index contributed by atoms with van der Waals surface area (Å²) in [6, 6.07) is 3.22. The van der Waals surface area contributed by atoms with Gasteiger partial charge >= 0.3 is 0 Å². The molecule has 1 aliphatic carbocycles. The molecule has 3 nitrogen and oxygen atoms in total. The molecule has 0 aliphatic heterocycles. The Bertz CT molecular complexity index is 638. The van der Waals surface area contributed by atoms with Crippen molar-refractivity contribution in [3.63, 3.8) is 0 Å². The van der Waals surface area contributed by atoms with Crippen molar-refractivity contribution in [1.29, 1.82) is 0 Å².